The number of nitrogens with one attached hydrogen (secondary N) is 1. The number of nitrogens with zero attached hydrogens (tertiary/aromatic N) is 5. The summed E-state index contributed by atoms with van der Waals surface area (Å²) in [5.74, 6) is 0.351. The zero-order chi connectivity index (χ0) is 24.8. The standard InChI is InChI=1S/C25H30N6O3S/c1-29(2)23(18-20-6-4-3-5-7-20)25(32)31-16-14-30(15-17-31)21-8-10-22(11-9-21)35(33,34)28-24-12-13-26-19-27-24/h3-13,19,23H,14-18H2,1-2H3,(H,26,27,28). The maximum Gasteiger partial charge on any atom is 0.263 e. The van der Waals surface area contributed by atoms with Gasteiger partial charge in [0, 0.05) is 38.1 Å². The predicted molar refractivity (Wildman–Crippen MR) is 136 cm³/mol. The molecule has 35 heavy (non-hydrogen) atoms. The summed E-state index contributed by atoms with van der Waals surface area (Å²) < 4.78 is 27.7. The van der Waals surface area contributed by atoms with Gasteiger partial charge in [-0.25, -0.2) is 18.4 Å². The van der Waals surface area contributed by atoms with E-state index in [1.54, 1.807) is 24.3 Å². The number of hydrogen-bond donors (Lipinski definition) is 1. The van der Waals surface area contributed by atoms with Gasteiger partial charge in [0.2, 0.25) is 5.91 Å². The van der Waals surface area contributed by atoms with Gasteiger partial charge in [-0.15, -0.1) is 0 Å². The lowest BCUT2D eigenvalue weighted by molar-refractivity contribution is -0.136. The number of benzene rings is 2. The zero-order valence-corrected chi connectivity index (χ0v) is 20.7. The summed E-state index contributed by atoms with van der Waals surface area (Å²) in [6.45, 7) is 2.60. The van der Waals surface area contributed by atoms with E-state index in [9.17, 15) is 13.2 Å². The average Bonchev–Trinajstić information content (AvgIpc) is 2.88. The minimum absolute atomic E-state index is 0.135. The molecule has 0 saturated carbocycles. The number of carbonyl (C=O) groups is 1. The third-order valence-electron chi connectivity index (χ3n) is 6.10. The molecule has 4 rings (SSSR count). The molecule has 1 aliphatic heterocycles. The van der Waals surface area contributed by atoms with Crippen LogP contribution in [0, 0.1) is 0 Å². The minimum Gasteiger partial charge on any atom is -0.368 e. The normalized spacial score (nSPS) is 15.2. The first-order valence-electron chi connectivity index (χ1n) is 11.5. The fourth-order valence-electron chi connectivity index (χ4n) is 4.11. The lowest BCUT2D eigenvalue weighted by Gasteiger charge is -2.38. The molecule has 0 aliphatic carbocycles. The quantitative estimate of drug-likeness (QED) is 0.512. The van der Waals surface area contributed by atoms with Crippen LogP contribution < -0.4 is 9.62 Å². The summed E-state index contributed by atoms with van der Waals surface area (Å²) in [6.07, 6.45) is 3.43. The van der Waals surface area contributed by atoms with Gasteiger partial charge in [0.25, 0.3) is 10.0 Å². The Morgan fingerprint density at radius 1 is 1.00 bits per heavy atom. The fourth-order valence-corrected chi connectivity index (χ4v) is 5.12. The molecule has 1 aromatic heterocycles. The maximum atomic E-state index is 13.3. The van der Waals surface area contributed by atoms with Crippen LogP contribution in [0.15, 0.2) is 78.1 Å². The van der Waals surface area contributed by atoms with Crippen LogP contribution in [0.2, 0.25) is 0 Å². The highest BCUT2D eigenvalue weighted by atomic mass is 32.2. The minimum atomic E-state index is -3.74. The van der Waals surface area contributed by atoms with Crippen molar-refractivity contribution in [2.75, 3.05) is 49.9 Å². The van der Waals surface area contributed by atoms with Gasteiger partial charge in [-0.1, -0.05) is 30.3 Å². The molecule has 2 heterocycles. The van der Waals surface area contributed by atoms with Crippen molar-refractivity contribution in [3.05, 3.63) is 78.8 Å². The number of piperazine rings is 1. The van der Waals surface area contributed by atoms with E-state index in [-0.39, 0.29) is 22.7 Å². The number of hydrogen-bond acceptors (Lipinski definition) is 7. The van der Waals surface area contributed by atoms with E-state index in [0.29, 0.717) is 32.6 Å². The Balaban J connectivity index is 1.36. The van der Waals surface area contributed by atoms with E-state index >= 15 is 0 Å². The van der Waals surface area contributed by atoms with Crippen LogP contribution >= 0.6 is 0 Å². The molecule has 3 aromatic rings. The second kappa shape index (κ2) is 10.8. The van der Waals surface area contributed by atoms with Gasteiger partial charge < -0.3 is 9.80 Å². The molecule has 1 aliphatic rings. The first-order valence-corrected chi connectivity index (χ1v) is 12.9. The largest absolute Gasteiger partial charge is 0.368 e. The Morgan fingerprint density at radius 2 is 1.69 bits per heavy atom. The molecular formula is C25H30N6O3S. The predicted octanol–water partition coefficient (Wildman–Crippen LogP) is 2.10. The summed E-state index contributed by atoms with van der Waals surface area (Å²) in [6, 6.07) is 18.1. The number of rotatable bonds is 8. The van der Waals surface area contributed by atoms with Gasteiger partial charge in [0.1, 0.15) is 12.1 Å². The Labute approximate surface area is 206 Å². The van der Waals surface area contributed by atoms with Crippen LogP contribution in [0.3, 0.4) is 0 Å². The first kappa shape index (κ1) is 24.6. The zero-order valence-electron chi connectivity index (χ0n) is 19.9. The number of anilines is 2. The van der Waals surface area contributed by atoms with Gasteiger partial charge >= 0.3 is 0 Å². The SMILES string of the molecule is CN(C)C(Cc1ccccc1)C(=O)N1CCN(c2ccc(S(=O)(=O)Nc3ccncn3)cc2)CC1. The van der Waals surface area contributed by atoms with Gasteiger partial charge in [0.05, 0.1) is 10.9 Å². The molecule has 1 unspecified atom stereocenters. The summed E-state index contributed by atoms with van der Waals surface area (Å²) in [5.41, 5.74) is 2.06. The molecule has 10 heteroatoms. The number of carbonyl (C=O) groups excluding carboxylic acids is 1. The van der Waals surface area contributed by atoms with Gasteiger partial charge in [-0.3, -0.25) is 14.4 Å². The van der Waals surface area contributed by atoms with Crippen molar-refractivity contribution in [1.82, 2.24) is 19.8 Å². The molecule has 1 fully saturated rings. The summed E-state index contributed by atoms with van der Waals surface area (Å²) in [7, 11) is 0.142. The van der Waals surface area contributed by atoms with Crippen molar-refractivity contribution in [2.24, 2.45) is 0 Å². The van der Waals surface area contributed by atoms with Crippen molar-refractivity contribution in [1.29, 1.82) is 0 Å². The third kappa shape index (κ3) is 6.14. The van der Waals surface area contributed by atoms with E-state index in [2.05, 4.69) is 31.7 Å². The van der Waals surface area contributed by atoms with E-state index in [4.69, 9.17) is 0 Å². The molecule has 2 aromatic carbocycles. The summed E-state index contributed by atoms with van der Waals surface area (Å²) in [4.78, 5) is 27.2. The average molecular weight is 495 g/mol. The summed E-state index contributed by atoms with van der Waals surface area (Å²) in [5, 5.41) is 0. The van der Waals surface area contributed by atoms with Crippen molar-refractivity contribution in [3.63, 3.8) is 0 Å². The molecule has 0 spiro atoms. The monoisotopic (exact) mass is 494 g/mol. The molecule has 9 nitrogen and oxygen atoms in total. The molecule has 0 bridgehead atoms. The summed E-state index contributed by atoms with van der Waals surface area (Å²) >= 11 is 0. The van der Waals surface area contributed by atoms with E-state index in [1.165, 1.54) is 18.6 Å². The number of aromatic nitrogens is 2. The smallest absolute Gasteiger partial charge is 0.263 e. The third-order valence-corrected chi connectivity index (χ3v) is 7.48. The van der Waals surface area contributed by atoms with Crippen LogP contribution in [0.5, 0.6) is 0 Å². The van der Waals surface area contributed by atoms with Gasteiger partial charge in [0.15, 0.2) is 0 Å². The van der Waals surface area contributed by atoms with Gasteiger partial charge in [-0.05, 0) is 56.4 Å². The van der Waals surface area contributed by atoms with E-state index in [0.717, 1.165) is 11.3 Å². The molecular weight excluding hydrogens is 464 g/mol. The van der Waals surface area contributed by atoms with Crippen LogP contribution in [0.25, 0.3) is 0 Å². The molecule has 1 N–H and O–H groups in total. The highest BCUT2D eigenvalue weighted by Crippen LogP contribution is 2.21. The Kier molecular flexibility index (Phi) is 7.62. The Morgan fingerprint density at radius 3 is 2.29 bits per heavy atom. The second-order valence-corrected chi connectivity index (χ2v) is 10.4. The van der Waals surface area contributed by atoms with Crippen LogP contribution in [-0.4, -0.2) is 80.4 Å². The Bertz CT molecular complexity index is 1210. The second-order valence-electron chi connectivity index (χ2n) is 8.68. The van der Waals surface area contributed by atoms with Crippen molar-refractivity contribution in [3.8, 4) is 0 Å². The first-order chi connectivity index (χ1) is 16.8. The topological polar surface area (TPSA) is 98.7 Å². The number of amides is 1. The van der Waals surface area contributed by atoms with Crippen molar-refractivity contribution < 1.29 is 13.2 Å². The molecule has 184 valence electrons. The fraction of sp³-hybridized carbons (Fsp3) is 0.320. The number of likely N-dealkylation sites (N-methyl/N-ethyl adjacent to an activating group) is 1. The highest BCUT2D eigenvalue weighted by Gasteiger charge is 2.29. The molecule has 1 saturated heterocycles. The van der Waals surface area contributed by atoms with Crippen molar-refractivity contribution in [2.45, 2.75) is 17.4 Å². The maximum absolute atomic E-state index is 13.3. The van der Waals surface area contributed by atoms with Crippen LogP contribution in [0.1, 0.15) is 5.56 Å². The van der Waals surface area contributed by atoms with Crippen molar-refractivity contribution >= 4 is 27.4 Å². The molecule has 0 radical (unpaired) electrons. The lowest BCUT2D eigenvalue weighted by atomic mass is 10.0. The molecule has 1 amide bonds. The Hall–Kier alpha value is -3.50. The lowest BCUT2D eigenvalue weighted by Crippen LogP contribution is -2.54. The highest BCUT2D eigenvalue weighted by molar-refractivity contribution is 7.92. The number of sulfonamides is 1. The van der Waals surface area contributed by atoms with E-state index < -0.39 is 10.0 Å². The molecule has 1 atom stereocenters. The van der Waals surface area contributed by atoms with E-state index in [1.807, 2.05) is 42.1 Å². The van der Waals surface area contributed by atoms with Crippen LogP contribution in [-0.2, 0) is 21.2 Å². The van der Waals surface area contributed by atoms with Crippen LogP contribution in [0.4, 0.5) is 11.5 Å². The van der Waals surface area contributed by atoms with Gasteiger partial charge in [-0.2, -0.15) is 0 Å².